The monoisotopic (exact) mass is 517 g/mol. The second-order valence-corrected chi connectivity index (χ2v) is 10.2. The van der Waals surface area contributed by atoms with Crippen molar-refractivity contribution in [1.82, 2.24) is 24.3 Å². The Kier molecular flexibility index (Phi) is 8.87. The molecule has 36 heavy (non-hydrogen) atoms. The third-order valence-electron chi connectivity index (χ3n) is 6.93. The van der Waals surface area contributed by atoms with E-state index in [4.69, 9.17) is 21.1 Å². The van der Waals surface area contributed by atoms with Crippen molar-refractivity contribution < 1.29 is 19.1 Å². The second-order valence-electron chi connectivity index (χ2n) is 9.81. The number of aromatic nitrogens is 2. The minimum Gasteiger partial charge on any atom is -0.490 e. The summed E-state index contributed by atoms with van der Waals surface area (Å²) in [6.45, 7) is 7.11. The topological polar surface area (TPSA) is 80.1 Å². The molecule has 1 aromatic heterocycles. The second kappa shape index (κ2) is 12.1. The Bertz CT molecular complexity index is 1030. The lowest BCUT2D eigenvalue weighted by Gasteiger charge is -2.43. The number of hydrogen-bond acceptors (Lipinski definition) is 6. The van der Waals surface area contributed by atoms with Gasteiger partial charge in [0.1, 0.15) is 18.0 Å². The molecule has 0 saturated carbocycles. The van der Waals surface area contributed by atoms with Crippen molar-refractivity contribution in [2.75, 3.05) is 59.5 Å². The molecule has 2 fully saturated rings. The molecule has 0 radical (unpaired) electrons. The van der Waals surface area contributed by atoms with Crippen LogP contribution in [0.5, 0.6) is 5.75 Å². The van der Waals surface area contributed by atoms with Crippen molar-refractivity contribution in [2.45, 2.75) is 38.3 Å². The van der Waals surface area contributed by atoms with E-state index in [1.165, 1.54) is 0 Å². The summed E-state index contributed by atoms with van der Waals surface area (Å²) >= 11 is 6.17. The fraction of sp³-hybridized carbons (Fsp3) is 0.577. The number of carbonyl (C=O) groups excluding carboxylic acids is 2. The molecule has 0 aliphatic carbocycles. The molecule has 1 aromatic carbocycles. The number of likely N-dealkylation sites (N-methyl/N-ethyl adjacent to an activating group) is 1. The highest BCUT2D eigenvalue weighted by atomic mass is 35.5. The number of imidazole rings is 1. The SMILES string of the molecule is Cc1cc(OC[C@@]2(CC(=O)N3CCN(C)CC3)CN(C(=O)CCCn3ccnc3)CCO2)ccc1Cl. The van der Waals surface area contributed by atoms with Crippen LogP contribution in [-0.4, -0.2) is 101 Å². The maximum Gasteiger partial charge on any atom is 0.225 e. The molecular weight excluding hydrogens is 482 g/mol. The number of nitrogens with zero attached hydrogens (tertiary/aromatic N) is 5. The van der Waals surface area contributed by atoms with Gasteiger partial charge in [0.25, 0.3) is 0 Å². The predicted molar refractivity (Wildman–Crippen MR) is 137 cm³/mol. The van der Waals surface area contributed by atoms with Gasteiger partial charge in [-0.25, -0.2) is 4.98 Å². The van der Waals surface area contributed by atoms with E-state index in [0.29, 0.717) is 50.0 Å². The molecule has 0 bridgehead atoms. The van der Waals surface area contributed by atoms with Gasteiger partial charge in [0.15, 0.2) is 0 Å². The van der Waals surface area contributed by atoms with E-state index in [1.54, 1.807) is 18.6 Å². The normalized spacial score (nSPS) is 21.0. The summed E-state index contributed by atoms with van der Waals surface area (Å²) in [4.78, 5) is 36.4. The molecule has 196 valence electrons. The molecule has 3 heterocycles. The van der Waals surface area contributed by atoms with Crippen LogP contribution in [0.3, 0.4) is 0 Å². The molecule has 2 aromatic rings. The maximum atomic E-state index is 13.3. The fourth-order valence-corrected chi connectivity index (χ4v) is 4.78. The van der Waals surface area contributed by atoms with Crippen molar-refractivity contribution in [3.8, 4) is 5.75 Å². The number of hydrogen-bond donors (Lipinski definition) is 0. The quantitative estimate of drug-likeness (QED) is 0.508. The Hall–Kier alpha value is -2.62. The number of amides is 2. The first-order valence-corrected chi connectivity index (χ1v) is 12.9. The summed E-state index contributed by atoms with van der Waals surface area (Å²) in [6.07, 6.45) is 6.70. The van der Waals surface area contributed by atoms with Crippen LogP contribution in [0.2, 0.25) is 5.02 Å². The summed E-state index contributed by atoms with van der Waals surface area (Å²) in [6, 6.07) is 5.49. The van der Waals surface area contributed by atoms with Crippen LogP contribution in [0.4, 0.5) is 0 Å². The molecule has 10 heteroatoms. The lowest BCUT2D eigenvalue weighted by atomic mass is 9.96. The van der Waals surface area contributed by atoms with E-state index in [-0.39, 0.29) is 24.8 Å². The van der Waals surface area contributed by atoms with E-state index in [0.717, 1.165) is 31.6 Å². The highest BCUT2D eigenvalue weighted by Gasteiger charge is 2.42. The number of ether oxygens (including phenoxy) is 2. The smallest absolute Gasteiger partial charge is 0.225 e. The average Bonchev–Trinajstić information content (AvgIpc) is 3.39. The first kappa shape index (κ1) is 26.4. The van der Waals surface area contributed by atoms with E-state index in [2.05, 4.69) is 16.9 Å². The largest absolute Gasteiger partial charge is 0.490 e. The molecule has 0 unspecified atom stereocenters. The number of benzene rings is 1. The number of carbonyl (C=O) groups is 2. The molecule has 0 N–H and O–H groups in total. The molecule has 4 rings (SSSR count). The molecule has 0 spiro atoms. The van der Waals surface area contributed by atoms with Crippen molar-refractivity contribution in [3.05, 3.63) is 47.5 Å². The summed E-state index contributed by atoms with van der Waals surface area (Å²) in [5.74, 6) is 0.765. The number of piperazine rings is 1. The Balaban J connectivity index is 1.43. The Morgan fingerprint density at radius 3 is 2.67 bits per heavy atom. The third-order valence-corrected chi connectivity index (χ3v) is 7.35. The summed E-state index contributed by atoms with van der Waals surface area (Å²) in [7, 11) is 2.06. The third kappa shape index (κ3) is 6.99. The van der Waals surface area contributed by atoms with Crippen LogP contribution < -0.4 is 4.74 Å². The van der Waals surface area contributed by atoms with Gasteiger partial charge < -0.3 is 28.7 Å². The zero-order chi connectivity index (χ0) is 25.5. The first-order valence-electron chi connectivity index (χ1n) is 12.6. The van der Waals surface area contributed by atoms with Gasteiger partial charge in [-0.1, -0.05) is 11.6 Å². The molecule has 2 aliphatic heterocycles. The van der Waals surface area contributed by atoms with Crippen LogP contribution >= 0.6 is 11.6 Å². The van der Waals surface area contributed by atoms with Crippen LogP contribution in [0.1, 0.15) is 24.8 Å². The summed E-state index contributed by atoms with van der Waals surface area (Å²) in [5, 5.41) is 0.670. The average molecular weight is 518 g/mol. The number of aryl methyl sites for hydroxylation is 2. The van der Waals surface area contributed by atoms with E-state index in [1.807, 2.05) is 39.6 Å². The van der Waals surface area contributed by atoms with Gasteiger partial charge in [0.05, 0.1) is 25.9 Å². The molecule has 9 nitrogen and oxygen atoms in total. The van der Waals surface area contributed by atoms with E-state index >= 15 is 0 Å². The van der Waals surface area contributed by atoms with Crippen LogP contribution in [0.15, 0.2) is 36.9 Å². The molecule has 1 atom stereocenters. The first-order chi connectivity index (χ1) is 17.3. The molecule has 2 amide bonds. The van der Waals surface area contributed by atoms with Gasteiger partial charge in [-0.15, -0.1) is 0 Å². The number of rotatable bonds is 9. The Labute approximate surface area is 217 Å². The number of morpholine rings is 1. The minimum absolute atomic E-state index is 0.0355. The van der Waals surface area contributed by atoms with Crippen molar-refractivity contribution in [1.29, 1.82) is 0 Å². The molecule has 2 aliphatic rings. The molecule has 2 saturated heterocycles. The standard InChI is InChI=1S/C26H36ClN5O4/c1-21-16-22(5-6-23(21)27)35-19-26(17-25(34)31-12-10-29(2)11-13-31)18-32(14-15-36-26)24(33)4-3-8-30-9-7-28-20-30/h5-7,9,16,20H,3-4,8,10-15,17-19H2,1-2H3/t26-/m1/s1. The van der Waals surface area contributed by atoms with Gasteiger partial charge >= 0.3 is 0 Å². The lowest BCUT2D eigenvalue weighted by molar-refractivity contribution is -0.166. The van der Waals surface area contributed by atoms with Gasteiger partial charge in [-0.2, -0.15) is 0 Å². The molecular formula is C26H36ClN5O4. The zero-order valence-electron chi connectivity index (χ0n) is 21.2. The van der Waals surface area contributed by atoms with Gasteiger partial charge in [-0.05, 0) is 44.2 Å². The van der Waals surface area contributed by atoms with Gasteiger partial charge in [-0.3, -0.25) is 9.59 Å². The fourth-order valence-electron chi connectivity index (χ4n) is 4.66. The van der Waals surface area contributed by atoms with E-state index < -0.39 is 5.60 Å². The summed E-state index contributed by atoms with van der Waals surface area (Å²) in [5.41, 5.74) is 0.00247. The predicted octanol–water partition coefficient (Wildman–Crippen LogP) is 2.47. The van der Waals surface area contributed by atoms with Crippen molar-refractivity contribution in [2.24, 2.45) is 0 Å². The van der Waals surface area contributed by atoms with Gasteiger partial charge in [0.2, 0.25) is 11.8 Å². The van der Waals surface area contributed by atoms with Crippen LogP contribution in [0, 0.1) is 6.92 Å². The van der Waals surface area contributed by atoms with Crippen molar-refractivity contribution in [3.63, 3.8) is 0 Å². The Morgan fingerprint density at radius 2 is 1.94 bits per heavy atom. The van der Waals surface area contributed by atoms with Crippen LogP contribution in [0.25, 0.3) is 0 Å². The van der Waals surface area contributed by atoms with Crippen LogP contribution in [-0.2, 0) is 20.9 Å². The zero-order valence-corrected chi connectivity index (χ0v) is 22.0. The van der Waals surface area contributed by atoms with E-state index in [9.17, 15) is 9.59 Å². The maximum absolute atomic E-state index is 13.3. The van der Waals surface area contributed by atoms with Crippen molar-refractivity contribution >= 4 is 23.4 Å². The summed E-state index contributed by atoms with van der Waals surface area (Å²) < 4.78 is 14.4. The lowest BCUT2D eigenvalue weighted by Crippen LogP contribution is -2.59. The van der Waals surface area contributed by atoms with Gasteiger partial charge in [0, 0.05) is 63.1 Å². The highest BCUT2D eigenvalue weighted by Crippen LogP contribution is 2.28. The highest BCUT2D eigenvalue weighted by molar-refractivity contribution is 6.31. The minimum atomic E-state index is -0.910. The Morgan fingerprint density at radius 1 is 1.14 bits per heavy atom. The number of halogens is 1.